The van der Waals surface area contributed by atoms with Crippen molar-refractivity contribution in [3.05, 3.63) is 36.3 Å². The van der Waals surface area contributed by atoms with Gasteiger partial charge in [0.05, 0.1) is 12.3 Å². The van der Waals surface area contributed by atoms with Crippen LogP contribution in [-0.4, -0.2) is 31.4 Å². The molecule has 0 unspecified atom stereocenters. The number of allylic oxidation sites excluding steroid dienone is 2. The molecule has 1 aliphatic carbocycles. The third-order valence-electron chi connectivity index (χ3n) is 3.60. The number of carbonyl (C=O) groups is 1. The summed E-state index contributed by atoms with van der Waals surface area (Å²) >= 11 is 0. The summed E-state index contributed by atoms with van der Waals surface area (Å²) < 4.78 is 5.43. The van der Waals surface area contributed by atoms with Crippen LogP contribution in [0.15, 0.2) is 35.0 Å². The number of hydrogen-bond donors (Lipinski definition) is 1. The van der Waals surface area contributed by atoms with Crippen LogP contribution in [-0.2, 0) is 4.79 Å². The Morgan fingerprint density at radius 2 is 2.37 bits per heavy atom. The first-order valence-corrected chi connectivity index (χ1v) is 6.81. The molecule has 0 saturated heterocycles. The second kappa shape index (κ2) is 6.57. The van der Waals surface area contributed by atoms with Gasteiger partial charge in [-0.25, -0.2) is 0 Å². The summed E-state index contributed by atoms with van der Waals surface area (Å²) in [6.07, 6.45) is 8.74. The largest absolute Gasteiger partial charge is 0.468 e. The number of likely N-dealkylation sites (N-methyl/N-ethyl adjacent to an activating group) is 1. The minimum absolute atomic E-state index is 0.0816. The molecule has 2 rings (SSSR count). The van der Waals surface area contributed by atoms with Gasteiger partial charge in [-0.2, -0.15) is 0 Å². The summed E-state index contributed by atoms with van der Waals surface area (Å²) in [6.45, 7) is 0.583. The summed E-state index contributed by atoms with van der Waals surface area (Å²) in [7, 11) is 3.98. The zero-order valence-corrected chi connectivity index (χ0v) is 11.6. The molecule has 0 bridgehead atoms. The van der Waals surface area contributed by atoms with Crippen LogP contribution in [0.4, 0.5) is 0 Å². The molecular weight excluding hydrogens is 240 g/mol. The Hall–Kier alpha value is -1.55. The molecule has 2 atom stereocenters. The minimum atomic E-state index is 0.0816. The molecule has 0 spiro atoms. The first-order chi connectivity index (χ1) is 9.18. The van der Waals surface area contributed by atoms with E-state index in [-0.39, 0.29) is 17.9 Å². The molecule has 0 radical (unpaired) electrons. The number of rotatable bonds is 5. The van der Waals surface area contributed by atoms with Crippen molar-refractivity contribution in [1.29, 1.82) is 0 Å². The van der Waals surface area contributed by atoms with Gasteiger partial charge in [0, 0.05) is 12.5 Å². The topological polar surface area (TPSA) is 45.5 Å². The van der Waals surface area contributed by atoms with Gasteiger partial charge in [0.25, 0.3) is 0 Å². The van der Waals surface area contributed by atoms with Crippen molar-refractivity contribution in [2.24, 2.45) is 5.92 Å². The second-order valence-electron chi connectivity index (χ2n) is 5.22. The standard InChI is InChI=1S/C15H22N2O2/c1-17(2)13(14-9-6-10-19-14)11-16-15(18)12-7-4-3-5-8-12/h3-4,6,9-10,12-13H,5,7-8,11H2,1-2H3,(H,16,18)/t12-,13+/m1/s1. The Morgan fingerprint density at radius 1 is 1.53 bits per heavy atom. The van der Waals surface area contributed by atoms with Gasteiger partial charge in [0.1, 0.15) is 5.76 Å². The summed E-state index contributed by atoms with van der Waals surface area (Å²) in [4.78, 5) is 14.2. The monoisotopic (exact) mass is 262 g/mol. The predicted octanol–water partition coefficient (Wildman–Crippen LogP) is 2.35. The smallest absolute Gasteiger partial charge is 0.223 e. The van der Waals surface area contributed by atoms with E-state index in [4.69, 9.17) is 4.42 Å². The lowest BCUT2D eigenvalue weighted by atomic mass is 9.93. The fourth-order valence-electron chi connectivity index (χ4n) is 2.39. The summed E-state index contributed by atoms with van der Waals surface area (Å²) in [6, 6.07) is 3.90. The molecule has 0 saturated carbocycles. The number of amides is 1. The highest BCUT2D eigenvalue weighted by molar-refractivity contribution is 5.79. The minimum Gasteiger partial charge on any atom is -0.468 e. The van der Waals surface area contributed by atoms with Gasteiger partial charge in [-0.15, -0.1) is 0 Å². The maximum atomic E-state index is 12.1. The molecule has 0 aliphatic heterocycles. The Morgan fingerprint density at radius 3 is 2.95 bits per heavy atom. The van der Waals surface area contributed by atoms with E-state index >= 15 is 0 Å². The second-order valence-corrected chi connectivity index (χ2v) is 5.22. The number of furan rings is 1. The highest BCUT2D eigenvalue weighted by Crippen LogP contribution is 2.20. The number of hydrogen-bond acceptors (Lipinski definition) is 3. The van der Waals surface area contributed by atoms with Crippen molar-refractivity contribution < 1.29 is 9.21 Å². The average Bonchev–Trinajstić information content (AvgIpc) is 2.93. The molecule has 0 fully saturated rings. The Balaban J connectivity index is 1.88. The zero-order valence-electron chi connectivity index (χ0n) is 11.6. The van der Waals surface area contributed by atoms with Crippen molar-refractivity contribution in [3.8, 4) is 0 Å². The van der Waals surface area contributed by atoms with E-state index in [0.717, 1.165) is 25.0 Å². The van der Waals surface area contributed by atoms with E-state index in [9.17, 15) is 4.79 Å². The third-order valence-corrected chi connectivity index (χ3v) is 3.60. The van der Waals surface area contributed by atoms with Crippen LogP contribution in [0, 0.1) is 5.92 Å². The molecule has 1 amide bonds. The van der Waals surface area contributed by atoms with Crippen molar-refractivity contribution >= 4 is 5.91 Å². The molecule has 1 aliphatic rings. The van der Waals surface area contributed by atoms with E-state index in [1.54, 1.807) is 6.26 Å². The summed E-state index contributed by atoms with van der Waals surface area (Å²) in [5, 5.41) is 3.05. The lowest BCUT2D eigenvalue weighted by Crippen LogP contribution is -2.37. The summed E-state index contributed by atoms with van der Waals surface area (Å²) in [5.74, 6) is 1.17. The van der Waals surface area contributed by atoms with Crippen LogP contribution in [0.2, 0.25) is 0 Å². The number of carbonyl (C=O) groups excluding carboxylic acids is 1. The van der Waals surface area contributed by atoms with Crippen molar-refractivity contribution in [2.75, 3.05) is 20.6 Å². The molecule has 19 heavy (non-hydrogen) atoms. The van der Waals surface area contributed by atoms with Crippen LogP contribution in [0.3, 0.4) is 0 Å². The molecule has 0 aromatic carbocycles. The molecule has 1 aromatic heterocycles. The quantitative estimate of drug-likeness (QED) is 0.829. The van der Waals surface area contributed by atoms with Crippen LogP contribution in [0.5, 0.6) is 0 Å². The third kappa shape index (κ3) is 3.70. The van der Waals surface area contributed by atoms with Crippen LogP contribution < -0.4 is 5.32 Å². The Kier molecular flexibility index (Phi) is 4.80. The fourth-order valence-corrected chi connectivity index (χ4v) is 2.39. The highest BCUT2D eigenvalue weighted by atomic mass is 16.3. The normalized spacial score (nSPS) is 20.5. The molecule has 4 nitrogen and oxygen atoms in total. The van der Waals surface area contributed by atoms with Gasteiger partial charge in [0.15, 0.2) is 0 Å². The van der Waals surface area contributed by atoms with Crippen LogP contribution in [0.25, 0.3) is 0 Å². The van der Waals surface area contributed by atoms with E-state index in [1.165, 1.54) is 0 Å². The molecule has 4 heteroatoms. The highest BCUT2D eigenvalue weighted by Gasteiger charge is 2.22. The first-order valence-electron chi connectivity index (χ1n) is 6.81. The number of nitrogens with zero attached hydrogens (tertiary/aromatic N) is 1. The first kappa shape index (κ1) is 13.9. The molecule has 104 valence electrons. The predicted molar refractivity (Wildman–Crippen MR) is 74.6 cm³/mol. The maximum absolute atomic E-state index is 12.1. The molecule has 1 N–H and O–H groups in total. The van der Waals surface area contributed by atoms with Gasteiger partial charge < -0.3 is 9.73 Å². The van der Waals surface area contributed by atoms with Gasteiger partial charge in [0.2, 0.25) is 5.91 Å². The average molecular weight is 262 g/mol. The van der Waals surface area contributed by atoms with Crippen molar-refractivity contribution in [3.63, 3.8) is 0 Å². The van der Waals surface area contributed by atoms with Gasteiger partial charge in [-0.1, -0.05) is 12.2 Å². The van der Waals surface area contributed by atoms with E-state index in [1.807, 2.05) is 26.2 Å². The van der Waals surface area contributed by atoms with Crippen LogP contribution >= 0.6 is 0 Å². The lowest BCUT2D eigenvalue weighted by Gasteiger charge is -2.24. The fraction of sp³-hybridized carbons (Fsp3) is 0.533. The zero-order chi connectivity index (χ0) is 13.7. The maximum Gasteiger partial charge on any atom is 0.223 e. The van der Waals surface area contributed by atoms with Crippen molar-refractivity contribution in [2.45, 2.75) is 25.3 Å². The van der Waals surface area contributed by atoms with Crippen molar-refractivity contribution in [1.82, 2.24) is 10.2 Å². The van der Waals surface area contributed by atoms with E-state index < -0.39 is 0 Å². The van der Waals surface area contributed by atoms with Gasteiger partial charge >= 0.3 is 0 Å². The molecule has 1 aromatic rings. The van der Waals surface area contributed by atoms with Gasteiger partial charge in [-0.3, -0.25) is 9.69 Å². The Labute approximate surface area is 114 Å². The molecular formula is C15H22N2O2. The summed E-state index contributed by atoms with van der Waals surface area (Å²) in [5.41, 5.74) is 0. The number of nitrogens with one attached hydrogen (secondary N) is 1. The van der Waals surface area contributed by atoms with Gasteiger partial charge in [-0.05, 0) is 45.5 Å². The van der Waals surface area contributed by atoms with E-state index in [0.29, 0.717) is 6.54 Å². The Bertz CT molecular complexity index is 423. The van der Waals surface area contributed by atoms with Crippen LogP contribution in [0.1, 0.15) is 31.1 Å². The van der Waals surface area contributed by atoms with E-state index in [2.05, 4.69) is 22.4 Å². The SMILES string of the molecule is CN(C)[C@@H](CNC(=O)[C@@H]1CC=CCC1)c1ccco1. The molecule has 1 heterocycles. The lowest BCUT2D eigenvalue weighted by molar-refractivity contribution is -0.125.